The minimum atomic E-state index is -0.814. The van der Waals surface area contributed by atoms with Crippen molar-refractivity contribution < 1.29 is 18.3 Å². The number of nitrogen functional groups attached to an aromatic ring is 1. The van der Waals surface area contributed by atoms with Crippen LogP contribution in [-0.4, -0.2) is 5.97 Å². The molecule has 0 heterocycles. The van der Waals surface area contributed by atoms with Gasteiger partial charge in [-0.05, 0) is 46.3 Å². The van der Waals surface area contributed by atoms with Crippen LogP contribution in [0.25, 0.3) is 0 Å². The molecule has 0 unspecified atom stereocenters. The van der Waals surface area contributed by atoms with E-state index in [4.69, 9.17) is 22.1 Å². The highest BCUT2D eigenvalue weighted by molar-refractivity contribution is 9.10. The number of esters is 1. The van der Waals surface area contributed by atoms with Gasteiger partial charge >= 0.3 is 5.97 Å². The van der Waals surface area contributed by atoms with Crippen molar-refractivity contribution in [2.75, 3.05) is 5.73 Å². The summed E-state index contributed by atoms with van der Waals surface area (Å²) >= 11 is 8.79. The van der Waals surface area contributed by atoms with E-state index < -0.39 is 24.2 Å². The number of hydrogen-bond donors (Lipinski definition) is 1. The van der Waals surface area contributed by atoms with Crippen LogP contribution in [0, 0.1) is 11.6 Å². The van der Waals surface area contributed by atoms with Crippen molar-refractivity contribution in [2.24, 2.45) is 0 Å². The number of nitrogens with two attached hydrogens (primary N) is 1. The predicted octanol–water partition coefficient (Wildman–Crippen LogP) is 4.32. The molecule has 110 valence electrons. The quantitative estimate of drug-likeness (QED) is 0.493. The third-order valence-corrected chi connectivity index (χ3v) is 3.62. The minimum Gasteiger partial charge on any atom is -0.457 e. The van der Waals surface area contributed by atoms with Crippen LogP contribution in [0.4, 0.5) is 14.5 Å². The molecule has 0 saturated heterocycles. The summed E-state index contributed by atoms with van der Waals surface area (Å²) in [6, 6.07) is 6.55. The molecule has 21 heavy (non-hydrogen) atoms. The molecule has 0 aliphatic rings. The second-order valence-electron chi connectivity index (χ2n) is 4.14. The van der Waals surface area contributed by atoms with Gasteiger partial charge in [0.05, 0.1) is 20.6 Å². The summed E-state index contributed by atoms with van der Waals surface area (Å²) in [5, 5.41) is 0.107. The van der Waals surface area contributed by atoms with Gasteiger partial charge in [-0.1, -0.05) is 11.6 Å². The Labute approximate surface area is 132 Å². The zero-order valence-corrected chi connectivity index (χ0v) is 12.8. The lowest BCUT2D eigenvalue weighted by Crippen LogP contribution is -2.08. The fourth-order valence-electron chi connectivity index (χ4n) is 1.61. The number of ether oxygens (including phenoxy) is 1. The zero-order valence-electron chi connectivity index (χ0n) is 10.5. The van der Waals surface area contributed by atoms with Crippen LogP contribution < -0.4 is 5.73 Å². The third kappa shape index (κ3) is 3.51. The number of hydrogen-bond acceptors (Lipinski definition) is 3. The van der Waals surface area contributed by atoms with Crippen LogP contribution in [0.3, 0.4) is 0 Å². The van der Waals surface area contributed by atoms with E-state index >= 15 is 0 Å². The van der Waals surface area contributed by atoms with Crippen molar-refractivity contribution >= 4 is 39.2 Å². The molecule has 0 spiro atoms. The number of carbonyl (C=O) groups is 1. The van der Waals surface area contributed by atoms with Gasteiger partial charge in [0, 0.05) is 5.69 Å². The molecule has 0 amide bonds. The van der Waals surface area contributed by atoms with Crippen molar-refractivity contribution in [1.29, 1.82) is 0 Å². The van der Waals surface area contributed by atoms with Crippen LogP contribution in [-0.2, 0) is 11.3 Å². The van der Waals surface area contributed by atoms with Crippen molar-refractivity contribution in [3.63, 3.8) is 0 Å². The smallest absolute Gasteiger partial charge is 0.339 e. The fourth-order valence-corrected chi connectivity index (χ4v) is 2.25. The SMILES string of the molecule is Nc1ccc(C(=O)OCc2c(F)ccc(Br)c2F)c(Cl)c1. The highest BCUT2D eigenvalue weighted by Crippen LogP contribution is 2.24. The molecule has 2 aromatic carbocycles. The van der Waals surface area contributed by atoms with Crippen molar-refractivity contribution in [2.45, 2.75) is 6.61 Å². The van der Waals surface area contributed by atoms with E-state index in [2.05, 4.69) is 15.9 Å². The molecule has 2 aromatic rings. The first kappa shape index (κ1) is 15.7. The second-order valence-corrected chi connectivity index (χ2v) is 5.40. The summed E-state index contributed by atoms with van der Waals surface area (Å²) in [6.45, 7) is -0.545. The van der Waals surface area contributed by atoms with Crippen LogP contribution in [0.15, 0.2) is 34.8 Å². The van der Waals surface area contributed by atoms with E-state index in [1.807, 2.05) is 0 Å². The summed E-state index contributed by atoms with van der Waals surface area (Å²) in [5.74, 6) is -2.41. The standard InChI is InChI=1S/C14H9BrClF2NO2/c15-10-3-4-12(17)9(13(10)18)6-21-14(20)8-2-1-7(19)5-11(8)16/h1-5H,6,19H2. The zero-order chi connectivity index (χ0) is 15.6. The van der Waals surface area contributed by atoms with Gasteiger partial charge in [0.2, 0.25) is 0 Å². The van der Waals surface area contributed by atoms with E-state index in [1.165, 1.54) is 24.3 Å². The second kappa shape index (κ2) is 6.41. The van der Waals surface area contributed by atoms with Gasteiger partial charge in [0.15, 0.2) is 0 Å². The van der Waals surface area contributed by atoms with Crippen LogP contribution in [0.5, 0.6) is 0 Å². The Hall–Kier alpha value is -1.66. The molecule has 0 radical (unpaired) electrons. The Morgan fingerprint density at radius 2 is 2.00 bits per heavy atom. The largest absolute Gasteiger partial charge is 0.457 e. The van der Waals surface area contributed by atoms with E-state index in [0.717, 1.165) is 6.07 Å². The average Bonchev–Trinajstić information content (AvgIpc) is 2.43. The fraction of sp³-hybridized carbons (Fsp3) is 0.0714. The number of halogens is 4. The molecule has 0 aromatic heterocycles. The summed E-state index contributed by atoms with van der Waals surface area (Å²) in [6.07, 6.45) is 0. The van der Waals surface area contributed by atoms with Crippen molar-refractivity contribution in [3.05, 3.63) is 62.6 Å². The molecule has 7 heteroatoms. The molecule has 0 aliphatic heterocycles. The van der Waals surface area contributed by atoms with E-state index in [1.54, 1.807) is 0 Å². The Bertz CT molecular complexity index is 710. The van der Waals surface area contributed by atoms with Gasteiger partial charge in [-0.3, -0.25) is 0 Å². The van der Waals surface area contributed by atoms with Gasteiger partial charge in [-0.2, -0.15) is 0 Å². The number of anilines is 1. The Balaban J connectivity index is 2.17. The van der Waals surface area contributed by atoms with E-state index in [0.29, 0.717) is 5.69 Å². The number of benzene rings is 2. The lowest BCUT2D eigenvalue weighted by molar-refractivity contribution is 0.0465. The molecular formula is C14H9BrClF2NO2. The third-order valence-electron chi connectivity index (χ3n) is 2.70. The molecular weight excluding hydrogens is 368 g/mol. The maximum absolute atomic E-state index is 13.7. The lowest BCUT2D eigenvalue weighted by Gasteiger charge is -2.09. The van der Waals surface area contributed by atoms with E-state index in [-0.39, 0.29) is 20.6 Å². The molecule has 3 nitrogen and oxygen atoms in total. The number of rotatable bonds is 3. The molecule has 0 bridgehead atoms. The van der Waals surface area contributed by atoms with Gasteiger partial charge in [0.1, 0.15) is 18.2 Å². The number of carbonyl (C=O) groups excluding carboxylic acids is 1. The first-order chi connectivity index (χ1) is 9.90. The van der Waals surface area contributed by atoms with Gasteiger partial charge in [-0.15, -0.1) is 0 Å². The van der Waals surface area contributed by atoms with Crippen LogP contribution >= 0.6 is 27.5 Å². The molecule has 2 rings (SSSR count). The molecule has 0 aliphatic carbocycles. The molecule has 0 atom stereocenters. The Morgan fingerprint density at radius 3 is 2.67 bits per heavy atom. The molecule has 2 N–H and O–H groups in total. The highest BCUT2D eigenvalue weighted by Gasteiger charge is 2.17. The van der Waals surface area contributed by atoms with Crippen LogP contribution in [0.2, 0.25) is 5.02 Å². The summed E-state index contributed by atoms with van der Waals surface area (Å²) in [4.78, 5) is 11.9. The topological polar surface area (TPSA) is 52.3 Å². The normalized spacial score (nSPS) is 10.5. The molecule has 0 fully saturated rings. The minimum absolute atomic E-state index is 0.0710. The summed E-state index contributed by atoms with van der Waals surface area (Å²) in [7, 11) is 0. The van der Waals surface area contributed by atoms with Gasteiger partial charge in [-0.25, -0.2) is 13.6 Å². The first-order valence-corrected chi connectivity index (χ1v) is 6.91. The lowest BCUT2D eigenvalue weighted by atomic mass is 10.2. The van der Waals surface area contributed by atoms with Crippen LogP contribution in [0.1, 0.15) is 15.9 Å². The van der Waals surface area contributed by atoms with Gasteiger partial charge in [0.25, 0.3) is 0 Å². The Morgan fingerprint density at radius 1 is 1.29 bits per heavy atom. The average molecular weight is 377 g/mol. The van der Waals surface area contributed by atoms with Crippen molar-refractivity contribution in [1.82, 2.24) is 0 Å². The highest BCUT2D eigenvalue weighted by atomic mass is 79.9. The maximum Gasteiger partial charge on any atom is 0.339 e. The van der Waals surface area contributed by atoms with Crippen molar-refractivity contribution in [3.8, 4) is 0 Å². The maximum atomic E-state index is 13.7. The van der Waals surface area contributed by atoms with Gasteiger partial charge < -0.3 is 10.5 Å². The summed E-state index contributed by atoms with van der Waals surface area (Å²) < 4.78 is 32.2. The monoisotopic (exact) mass is 375 g/mol. The first-order valence-electron chi connectivity index (χ1n) is 5.74. The Kier molecular flexibility index (Phi) is 4.80. The van der Waals surface area contributed by atoms with E-state index in [9.17, 15) is 13.6 Å². The predicted molar refractivity (Wildman–Crippen MR) is 79.0 cm³/mol. The molecule has 0 saturated carbocycles. The summed E-state index contributed by atoms with van der Waals surface area (Å²) in [5.41, 5.74) is 5.63.